The second-order valence-corrected chi connectivity index (χ2v) is 3.91. The number of aliphatic hydroxyl groups excluding tert-OH is 1. The molecule has 1 N–H and O–H groups in total. The van der Waals surface area contributed by atoms with Crippen molar-refractivity contribution in [2.75, 3.05) is 7.11 Å². The largest absolute Gasteiger partial charge is 0.495 e. The normalized spacial score (nSPS) is 20.1. The average Bonchev–Trinajstić information content (AvgIpc) is 2.48. The van der Waals surface area contributed by atoms with Crippen LogP contribution in [0.4, 0.5) is 0 Å². The first-order valence-corrected chi connectivity index (χ1v) is 4.92. The van der Waals surface area contributed by atoms with Gasteiger partial charge >= 0.3 is 0 Å². The number of rotatable bonds is 1. The standard InChI is InChI=1S/C9H10BrNO2/c1-13-9-5-2-3-7(12)8(5)11-4-6(9)10/h4,7,12H,2-3H2,1H3. The van der Waals surface area contributed by atoms with Crippen LogP contribution in [0.5, 0.6) is 5.75 Å². The summed E-state index contributed by atoms with van der Waals surface area (Å²) in [4.78, 5) is 4.17. The molecule has 0 aliphatic heterocycles. The summed E-state index contributed by atoms with van der Waals surface area (Å²) < 4.78 is 6.09. The third-order valence-electron chi connectivity index (χ3n) is 2.30. The van der Waals surface area contributed by atoms with Gasteiger partial charge in [0.15, 0.2) is 0 Å². The Morgan fingerprint density at radius 2 is 2.46 bits per heavy atom. The van der Waals surface area contributed by atoms with E-state index in [0.29, 0.717) is 0 Å². The van der Waals surface area contributed by atoms with Crippen LogP contribution < -0.4 is 4.74 Å². The predicted octanol–water partition coefficient (Wildman–Crippen LogP) is 1.83. The third-order valence-corrected chi connectivity index (χ3v) is 2.87. The van der Waals surface area contributed by atoms with Crippen molar-refractivity contribution in [2.24, 2.45) is 0 Å². The Labute approximate surface area is 84.9 Å². The minimum absolute atomic E-state index is 0.419. The van der Waals surface area contributed by atoms with E-state index in [0.717, 1.165) is 34.3 Å². The van der Waals surface area contributed by atoms with Crippen molar-refractivity contribution in [3.05, 3.63) is 21.9 Å². The van der Waals surface area contributed by atoms with Gasteiger partial charge in [0.05, 0.1) is 23.4 Å². The lowest BCUT2D eigenvalue weighted by atomic mass is 10.2. The molecule has 1 aliphatic rings. The third kappa shape index (κ3) is 1.34. The zero-order valence-electron chi connectivity index (χ0n) is 7.25. The maximum absolute atomic E-state index is 9.56. The van der Waals surface area contributed by atoms with Gasteiger partial charge in [-0.05, 0) is 28.8 Å². The van der Waals surface area contributed by atoms with E-state index in [2.05, 4.69) is 20.9 Å². The summed E-state index contributed by atoms with van der Waals surface area (Å²) in [5.41, 5.74) is 1.80. The van der Waals surface area contributed by atoms with Crippen molar-refractivity contribution in [2.45, 2.75) is 18.9 Å². The van der Waals surface area contributed by atoms with E-state index in [1.165, 1.54) is 0 Å². The van der Waals surface area contributed by atoms with E-state index in [4.69, 9.17) is 4.74 Å². The zero-order valence-corrected chi connectivity index (χ0v) is 8.84. The molecule has 1 atom stereocenters. The number of hydrogen-bond donors (Lipinski definition) is 1. The Morgan fingerprint density at radius 3 is 3.15 bits per heavy atom. The van der Waals surface area contributed by atoms with Crippen molar-refractivity contribution in [1.29, 1.82) is 0 Å². The van der Waals surface area contributed by atoms with Crippen molar-refractivity contribution in [1.82, 2.24) is 4.98 Å². The first-order chi connectivity index (χ1) is 6.24. The Bertz CT molecular complexity index is 341. The van der Waals surface area contributed by atoms with Crippen LogP contribution in [-0.4, -0.2) is 17.2 Å². The summed E-state index contributed by atoms with van der Waals surface area (Å²) in [5, 5.41) is 9.56. The molecular weight excluding hydrogens is 234 g/mol. The molecule has 0 saturated carbocycles. The maximum atomic E-state index is 9.56. The lowest BCUT2D eigenvalue weighted by Gasteiger charge is -2.08. The smallest absolute Gasteiger partial charge is 0.139 e. The number of aliphatic hydroxyl groups is 1. The minimum atomic E-state index is -0.419. The quantitative estimate of drug-likeness (QED) is 0.819. The molecule has 3 nitrogen and oxygen atoms in total. The molecule has 1 aromatic rings. The molecular formula is C9H10BrNO2. The number of halogens is 1. The number of hydrogen-bond acceptors (Lipinski definition) is 3. The fourth-order valence-electron chi connectivity index (χ4n) is 1.69. The van der Waals surface area contributed by atoms with Crippen LogP contribution in [0, 0.1) is 0 Å². The lowest BCUT2D eigenvalue weighted by molar-refractivity contribution is 0.175. The van der Waals surface area contributed by atoms with E-state index in [9.17, 15) is 5.11 Å². The van der Waals surface area contributed by atoms with Crippen LogP contribution in [0.25, 0.3) is 0 Å². The summed E-state index contributed by atoms with van der Waals surface area (Å²) >= 11 is 3.36. The zero-order chi connectivity index (χ0) is 9.42. The van der Waals surface area contributed by atoms with Crippen LogP contribution in [0.1, 0.15) is 23.8 Å². The molecule has 0 aromatic carbocycles. The van der Waals surface area contributed by atoms with Gasteiger partial charge in [-0.1, -0.05) is 0 Å². The van der Waals surface area contributed by atoms with Gasteiger partial charge in [-0.15, -0.1) is 0 Å². The number of methoxy groups -OCH3 is 1. The highest BCUT2D eigenvalue weighted by molar-refractivity contribution is 9.10. The number of aromatic nitrogens is 1. The SMILES string of the molecule is COc1c(Br)cnc2c1CCC2O. The van der Waals surface area contributed by atoms with E-state index in [1.54, 1.807) is 13.3 Å². The van der Waals surface area contributed by atoms with Gasteiger partial charge in [0.2, 0.25) is 0 Å². The van der Waals surface area contributed by atoms with Crippen molar-refractivity contribution < 1.29 is 9.84 Å². The molecule has 70 valence electrons. The van der Waals surface area contributed by atoms with Crippen LogP contribution in [0.2, 0.25) is 0 Å². The highest BCUT2D eigenvalue weighted by atomic mass is 79.9. The fourth-order valence-corrected chi connectivity index (χ4v) is 2.19. The summed E-state index contributed by atoms with van der Waals surface area (Å²) in [6.45, 7) is 0. The molecule has 0 radical (unpaired) electrons. The molecule has 0 amide bonds. The van der Waals surface area contributed by atoms with Crippen molar-refractivity contribution in [3.63, 3.8) is 0 Å². The van der Waals surface area contributed by atoms with Crippen LogP contribution in [0.3, 0.4) is 0 Å². The molecule has 1 aliphatic carbocycles. The Balaban J connectivity index is 2.57. The molecule has 1 heterocycles. The molecule has 13 heavy (non-hydrogen) atoms. The molecule has 2 rings (SSSR count). The van der Waals surface area contributed by atoms with Gasteiger partial charge in [0.25, 0.3) is 0 Å². The molecule has 0 fully saturated rings. The number of nitrogens with zero attached hydrogens (tertiary/aromatic N) is 1. The second-order valence-electron chi connectivity index (χ2n) is 3.06. The van der Waals surface area contributed by atoms with Crippen molar-refractivity contribution in [3.8, 4) is 5.75 Å². The number of ether oxygens (including phenoxy) is 1. The van der Waals surface area contributed by atoms with Crippen molar-refractivity contribution >= 4 is 15.9 Å². The Hall–Kier alpha value is -0.610. The number of pyridine rings is 1. The topological polar surface area (TPSA) is 42.4 Å². The summed E-state index contributed by atoms with van der Waals surface area (Å²) in [6.07, 6.45) is 2.84. The maximum Gasteiger partial charge on any atom is 0.139 e. The molecule has 0 spiro atoms. The molecule has 1 aromatic heterocycles. The Kier molecular flexibility index (Phi) is 2.26. The van der Waals surface area contributed by atoms with Crippen LogP contribution in [-0.2, 0) is 6.42 Å². The van der Waals surface area contributed by atoms with Gasteiger partial charge < -0.3 is 9.84 Å². The second kappa shape index (κ2) is 3.27. The summed E-state index contributed by atoms with van der Waals surface area (Å²) in [6, 6.07) is 0. The highest BCUT2D eigenvalue weighted by Crippen LogP contribution is 2.39. The van der Waals surface area contributed by atoms with Gasteiger partial charge in [0.1, 0.15) is 5.75 Å². The first kappa shape index (κ1) is 8.97. The monoisotopic (exact) mass is 243 g/mol. The highest BCUT2D eigenvalue weighted by Gasteiger charge is 2.26. The van der Waals surface area contributed by atoms with E-state index in [1.807, 2.05) is 0 Å². The van der Waals surface area contributed by atoms with Gasteiger partial charge in [-0.3, -0.25) is 4.98 Å². The fraction of sp³-hybridized carbons (Fsp3) is 0.444. The Morgan fingerprint density at radius 1 is 1.69 bits per heavy atom. The van der Waals surface area contributed by atoms with Gasteiger partial charge in [-0.25, -0.2) is 0 Å². The van der Waals surface area contributed by atoms with E-state index < -0.39 is 6.10 Å². The molecule has 1 unspecified atom stereocenters. The first-order valence-electron chi connectivity index (χ1n) is 4.13. The van der Waals surface area contributed by atoms with Crippen LogP contribution in [0.15, 0.2) is 10.7 Å². The predicted molar refractivity (Wildman–Crippen MR) is 51.8 cm³/mol. The molecule has 0 bridgehead atoms. The average molecular weight is 244 g/mol. The van der Waals surface area contributed by atoms with E-state index >= 15 is 0 Å². The van der Waals surface area contributed by atoms with E-state index in [-0.39, 0.29) is 0 Å². The molecule has 0 saturated heterocycles. The number of fused-ring (bicyclic) bond motifs is 1. The van der Waals surface area contributed by atoms with Gasteiger partial charge in [0, 0.05) is 11.8 Å². The minimum Gasteiger partial charge on any atom is -0.495 e. The summed E-state index contributed by atoms with van der Waals surface area (Å²) in [7, 11) is 1.63. The summed E-state index contributed by atoms with van der Waals surface area (Å²) in [5.74, 6) is 0.807. The lowest BCUT2D eigenvalue weighted by Crippen LogP contribution is -1.97. The van der Waals surface area contributed by atoms with Gasteiger partial charge in [-0.2, -0.15) is 0 Å². The van der Waals surface area contributed by atoms with Crippen LogP contribution >= 0.6 is 15.9 Å². The molecule has 4 heteroatoms.